The van der Waals surface area contributed by atoms with Crippen LogP contribution in [0.5, 0.6) is 0 Å². The number of amides is 1. The second-order valence-corrected chi connectivity index (χ2v) is 5.28. The average Bonchev–Trinajstić information content (AvgIpc) is 3.22. The summed E-state index contributed by atoms with van der Waals surface area (Å²) in [6, 6.07) is 3.43. The lowest BCUT2D eigenvalue weighted by Gasteiger charge is -2.22. The van der Waals surface area contributed by atoms with Gasteiger partial charge in [0.25, 0.3) is 5.91 Å². The molecule has 0 unspecified atom stereocenters. The van der Waals surface area contributed by atoms with Crippen LogP contribution in [0, 0.1) is 0 Å². The molecule has 0 saturated heterocycles. The Bertz CT molecular complexity index is 529. The Morgan fingerprint density at radius 2 is 2.15 bits per heavy atom. The van der Waals surface area contributed by atoms with E-state index >= 15 is 0 Å². The largest absolute Gasteiger partial charge is 0.481 e. The zero-order valence-corrected chi connectivity index (χ0v) is 12.1. The summed E-state index contributed by atoms with van der Waals surface area (Å²) in [5.41, 5.74) is 1.24. The lowest BCUT2D eigenvalue weighted by Crippen LogP contribution is -2.35. The first-order chi connectivity index (χ1) is 9.51. The molecule has 0 radical (unpaired) electrons. The summed E-state index contributed by atoms with van der Waals surface area (Å²) < 4.78 is 0. The SMILES string of the molecule is CCc1cc(C(=O)N(CCC(=O)O)C2CC2)cc(Cl)n1. The van der Waals surface area contributed by atoms with Crippen molar-refractivity contribution in [1.82, 2.24) is 9.88 Å². The predicted octanol–water partition coefficient (Wildman–Crippen LogP) is 2.38. The van der Waals surface area contributed by atoms with E-state index in [1.54, 1.807) is 17.0 Å². The molecule has 0 aromatic carbocycles. The van der Waals surface area contributed by atoms with Crippen LogP contribution in [0.3, 0.4) is 0 Å². The molecule has 0 atom stereocenters. The van der Waals surface area contributed by atoms with Crippen molar-refractivity contribution in [2.24, 2.45) is 0 Å². The van der Waals surface area contributed by atoms with Gasteiger partial charge in [0.05, 0.1) is 6.42 Å². The van der Waals surface area contributed by atoms with Crippen LogP contribution in [-0.2, 0) is 11.2 Å². The van der Waals surface area contributed by atoms with Crippen LogP contribution in [0.15, 0.2) is 12.1 Å². The summed E-state index contributed by atoms with van der Waals surface area (Å²) >= 11 is 5.92. The molecular weight excluding hydrogens is 280 g/mol. The monoisotopic (exact) mass is 296 g/mol. The number of hydrogen-bond donors (Lipinski definition) is 1. The van der Waals surface area contributed by atoms with E-state index in [4.69, 9.17) is 16.7 Å². The number of aryl methyl sites for hydroxylation is 1. The van der Waals surface area contributed by atoms with Gasteiger partial charge in [0.15, 0.2) is 0 Å². The molecule has 1 aromatic heterocycles. The van der Waals surface area contributed by atoms with Crippen molar-refractivity contribution in [3.05, 3.63) is 28.5 Å². The van der Waals surface area contributed by atoms with E-state index in [-0.39, 0.29) is 24.9 Å². The van der Waals surface area contributed by atoms with E-state index in [0.29, 0.717) is 17.1 Å². The van der Waals surface area contributed by atoms with Crippen molar-refractivity contribution in [3.8, 4) is 0 Å². The van der Waals surface area contributed by atoms with E-state index < -0.39 is 5.97 Å². The molecule has 1 saturated carbocycles. The van der Waals surface area contributed by atoms with E-state index in [1.165, 1.54) is 0 Å². The predicted molar refractivity (Wildman–Crippen MR) is 74.9 cm³/mol. The normalized spacial score (nSPS) is 14.1. The summed E-state index contributed by atoms with van der Waals surface area (Å²) in [6.07, 6.45) is 2.52. The van der Waals surface area contributed by atoms with Crippen LogP contribution in [0.4, 0.5) is 0 Å². The summed E-state index contributed by atoms with van der Waals surface area (Å²) in [5, 5.41) is 9.07. The first-order valence-corrected chi connectivity index (χ1v) is 7.08. The molecule has 1 aliphatic carbocycles. The maximum Gasteiger partial charge on any atom is 0.305 e. The van der Waals surface area contributed by atoms with Gasteiger partial charge in [-0.15, -0.1) is 0 Å². The molecule has 1 aromatic rings. The number of halogens is 1. The summed E-state index contributed by atoms with van der Waals surface area (Å²) in [7, 11) is 0. The Balaban J connectivity index is 2.18. The molecule has 108 valence electrons. The maximum atomic E-state index is 12.5. The molecule has 1 N–H and O–H groups in total. The van der Waals surface area contributed by atoms with E-state index in [1.807, 2.05) is 6.92 Å². The fraction of sp³-hybridized carbons (Fsp3) is 0.500. The number of carboxylic acids is 1. The van der Waals surface area contributed by atoms with Gasteiger partial charge in [-0.05, 0) is 31.4 Å². The van der Waals surface area contributed by atoms with Crippen LogP contribution >= 0.6 is 11.6 Å². The first-order valence-electron chi connectivity index (χ1n) is 6.70. The second kappa shape index (κ2) is 6.22. The van der Waals surface area contributed by atoms with Crippen LogP contribution in [0.1, 0.15) is 42.2 Å². The lowest BCUT2D eigenvalue weighted by molar-refractivity contribution is -0.137. The molecule has 1 heterocycles. The highest BCUT2D eigenvalue weighted by atomic mass is 35.5. The van der Waals surface area contributed by atoms with Crippen LogP contribution in [0.2, 0.25) is 5.15 Å². The Hall–Kier alpha value is -1.62. The van der Waals surface area contributed by atoms with Gasteiger partial charge in [0, 0.05) is 23.8 Å². The number of carbonyl (C=O) groups is 2. The Kier molecular flexibility index (Phi) is 4.60. The van der Waals surface area contributed by atoms with E-state index in [0.717, 1.165) is 18.5 Å². The molecular formula is C14H17ClN2O3. The quantitative estimate of drug-likeness (QED) is 0.818. The summed E-state index contributed by atoms with van der Waals surface area (Å²) in [4.78, 5) is 29.0. The zero-order chi connectivity index (χ0) is 14.7. The summed E-state index contributed by atoms with van der Waals surface area (Å²) in [6.45, 7) is 2.18. The number of aromatic nitrogens is 1. The third kappa shape index (κ3) is 3.70. The van der Waals surface area contributed by atoms with Crippen molar-refractivity contribution in [2.75, 3.05) is 6.54 Å². The van der Waals surface area contributed by atoms with Gasteiger partial charge in [0.2, 0.25) is 0 Å². The molecule has 1 amide bonds. The number of carbonyl (C=O) groups excluding carboxylic acids is 1. The Morgan fingerprint density at radius 3 is 2.70 bits per heavy atom. The highest BCUT2D eigenvalue weighted by Gasteiger charge is 2.33. The van der Waals surface area contributed by atoms with Gasteiger partial charge in [-0.2, -0.15) is 0 Å². The maximum absolute atomic E-state index is 12.5. The first kappa shape index (κ1) is 14.8. The number of hydrogen-bond acceptors (Lipinski definition) is 3. The third-order valence-corrected chi connectivity index (χ3v) is 3.47. The zero-order valence-electron chi connectivity index (χ0n) is 11.3. The van der Waals surface area contributed by atoms with Crippen LogP contribution in [0.25, 0.3) is 0 Å². The third-order valence-electron chi connectivity index (χ3n) is 3.27. The molecule has 0 spiro atoms. The molecule has 5 nitrogen and oxygen atoms in total. The molecule has 1 fully saturated rings. The van der Waals surface area contributed by atoms with Gasteiger partial charge < -0.3 is 10.0 Å². The van der Waals surface area contributed by atoms with Crippen molar-refractivity contribution < 1.29 is 14.7 Å². The average molecular weight is 297 g/mol. The standard InChI is InChI=1S/C14H17ClN2O3/c1-2-10-7-9(8-12(15)16-10)14(20)17(11-3-4-11)6-5-13(18)19/h7-8,11H,2-6H2,1H3,(H,18,19). The fourth-order valence-electron chi connectivity index (χ4n) is 2.07. The molecule has 20 heavy (non-hydrogen) atoms. The number of pyridine rings is 1. The molecule has 0 aliphatic heterocycles. The fourth-order valence-corrected chi connectivity index (χ4v) is 2.30. The Labute approximate surface area is 122 Å². The Morgan fingerprint density at radius 1 is 1.45 bits per heavy atom. The minimum atomic E-state index is -0.898. The van der Waals surface area contributed by atoms with Gasteiger partial charge in [-0.25, -0.2) is 4.98 Å². The van der Waals surface area contributed by atoms with Crippen molar-refractivity contribution in [1.29, 1.82) is 0 Å². The molecule has 2 rings (SSSR count). The highest BCUT2D eigenvalue weighted by Crippen LogP contribution is 2.29. The van der Waals surface area contributed by atoms with Gasteiger partial charge >= 0.3 is 5.97 Å². The van der Waals surface area contributed by atoms with Crippen molar-refractivity contribution >= 4 is 23.5 Å². The van der Waals surface area contributed by atoms with Crippen molar-refractivity contribution in [3.63, 3.8) is 0 Å². The van der Waals surface area contributed by atoms with Crippen LogP contribution in [-0.4, -0.2) is 39.5 Å². The van der Waals surface area contributed by atoms with Gasteiger partial charge in [0.1, 0.15) is 5.15 Å². The number of aliphatic carboxylic acids is 1. The van der Waals surface area contributed by atoms with Crippen molar-refractivity contribution in [2.45, 2.75) is 38.6 Å². The molecule has 6 heteroatoms. The highest BCUT2D eigenvalue weighted by molar-refractivity contribution is 6.29. The van der Waals surface area contributed by atoms with Crippen LogP contribution < -0.4 is 0 Å². The smallest absolute Gasteiger partial charge is 0.305 e. The van der Waals surface area contributed by atoms with Gasteiger partial charge in [-0.1, -0.05) is 18.5 Å². The van der Waals surface area contributed by atoms with E-state index in [2.05, 4.69) is 4.98 Å². The number of nitrogens with zero attached hydrogens (tertiary/aromatic N) is 2. The van der Waals surface area contributed by atoms with Gasteiger partial charge in [-0.3, -0.25) is 9.59 Å². The minimum Gasteiger partial charge on any atom is -0.481 e. The molecule has 0 bridgehead atoms. The number of rotatable bonds is 6. The minimum absolute atomic E-state index is 0.0400. The lowest BCUT2D eigenvalue weighted by atomic mass is 10.1. The molecule has 1 aliphatic rings. The topological polar surface area (TPSA) is 70.5 Å². The second-order valence-electron chi connectivity index (χ2n) is 4.90. The summed E-state index contributed by atoms with van der Waals surface area (Å²) in [5.74, 6) is -1.06. The number of carboxylic acid groups (broad SMARTS) is 1. The van der Waals surface area contributed by atoms with E-state index in [9.17, 15) is 9.59 Å².